The number of amides is 1. The highest BCUT2D eigenvalue weighted by Crippen LogP contribution is 2.23. The fraction of sp³-hybridized carbons (Fsp3) is 0.318. The Morgan fingerprint density at radius 3 is 2.59 bits per heavy atom. The van der Waals surface area contributed by atoms with Crippen LogP contribution in [0.5, 0.6) is 5.75 Å². The second-order valence-corrected chi connectivity index (χ2v) is 7.15. The lowest BCUT2D eigenvalue weighted by molar-refractivity contribution is -0.116. The molecule has 0 unspecified atom stereocenters. The van der Waals surface area contributed by atoms with E-state index in [0.717, 1.165) is 17.7 Å². The summed E-state index contributed by atoms with van der Waals surface area (Å²) in [6.45, 7) is 5.66. The van der Waals surface area contributed by atoms with Gasteiger partial charge in [-0.05, 0) is 56.3 Å². The monoisotopic (exact) mass is 386 g/mol. The lowest BCUT2D eigenvalue weighted by Crippen LogP contribution is -2.27. The third-order valence-corrected chi connectivity index (χ3v) is 4.71. The Morgan fingerprint density at radius 1 is 1.22 bits per heavy atom. The minimum Gasteiger partial charge on any atom is -0.496 e. The Hall–Kier alpha value is -2.30. The summed E-state index contributed by atoms with van der Waals surface area (Å²) in [5, 5.41) is 3.54. The van der Waals surface area contributed by atoms with Crippen LogP contribution in [0.2, 0.25) is 5.02 Å². The number of ether oxygens (including phenoxy) is 1. The third kappa shape index (κ3) is 6.42. The van der Waals surface area contributed by atoms with Crippen molar-refractivity contribution in [2.45, 2.75) is 33.0 Å². The molecule has 0 atom stereocenters. The molecule has 2 aromatic carbocycles. The maximum Gasteiger partial charge on any atom is 0.244 e. The van der Waals surface area contributed by atoms with E-state index in [1.165, 1.54) is 11.6 Å². The number of methoxy groups -OCH3 is 1. The van der Waals surface area contributed by atoms with E-state index in [1.54, 1.807) is 31.4 Å². The molecule has 0 aromatic heterocycles. The lowest BCUT2D eigenvalue weighted by Gasteiger charge is -2.22. The molecule has 0 heterocycles. The van der Waals surface area contributed by atoms with Crippen LogP contribution in [0.15, 0.2) is 48.5 Å². The zero-order chi connectivity index (χ0) is 19.8. The second kappa shape index (κ2) is 10.1. The number of carbonyl (C=O) groups is 1. The standard InChI is InChI=1S/C22H27ClN2O2/c1-16(2)25(3)15-19-8-6-5-7-18(19)14-24-22(26)12-9-17-13-20(23)10-11-21(17)27-4/h5-13,16H,14-15H2,1-4H3,(H,24,26)/b12-9-. The molecular formula is C22H27ClN2O2. The Kier molecular flexibility index (Phi) is 7.89. The van der Waals surface area contributed by atoms with Gasteiger partial charge in [0.25, 0.3) is 0 Å². The van der Waals surface area contributed by atoms with Crippen molar-refractivity contribution >= 4 is 23.6 Å². The van der Waals surface area contributed by atoms with E-state index in [9.17, 15) is 4.79 Å². The Balaban J connectivity index is 2.01. The van der Waals surface area contributed by atoms with E-state index in [0.29, 0.717) is 23.4 Å². The van der Waals surface area contributed by atoms with Crippen LogP contribution in [0.4, 0.5) is 0 Å². The van der Waals surface area contributed by atoms with Gasteiger partial charge < -0.3 is 10.1 Å². The number of rotatable bonds is 8. The maximum atomic E-state index is 12.2. The molecule has 0 spiro atoms. The number of hydrogen-bond acceptors (Lipinski definition) is 3. The van der Waals surface area contributed by atoms with Gasteiger partial charge in [0.1, 0.15) is 5.75 Å². The Labute approximate surface area is 166 Å². The summed E-state index contributed by atoms with van der Waals surface area (Å²) in [7, 11) is 3.69. The molecule has 0 aliphatic heterocycles. The van der Waals surface area contributed by atoms with E-state index in [4.69, 9.17) is 16.3 Å². The van der Waals surface area contributed by atoms with Crippen LogP contribution >= 0.6 is 11.6 Å². The first-order valence-electron chi connectivity index (χ1n) is 8.97. The van der Waals surface area contributed by atoms with Crippen LogP contribution in [-0.4, -0.2) is 31.0 Å². The maximum absolute atomic E-state index is 12.2. The quantitative estimate of drug-likeness (QED) is 0.678. The summed E-state index contributed by atoms with van der Waals surface area (Å²) in [6.07, 6.45) is 3.20. The van der Waals surface area contributed by atoms with Gasteiger partial charge in [0.05, 0.1) is 7.11 Å². The molecule has 1 amide bonds. The van der Waals surface area contributed by atoms with Crippen molar-refractivity contribution in [2.75, 3.05) is 14.2 Å². The Bertz CT molecular complexity index is 803. The smallest absolute Gasteiger partial charge is 0.244 e. The predicted octanol–water partition coefficient (Wildman–Crippen LogP) is 4.52. The van der Waals surface area contributed by atoms with Crippen LogP contribution in [0.25, 0.3) is 6.08 Å². The highest BCUT2D eigenvalue weighted by Gasteiger charge is 2.08. The molecule has 144 valence electrons. The molecule has 0 fully saturated rings. The molecule has 0 saturated heterocycles. The van der Waals surface area contributed by atoms with Crippen LogP contribution in [-0.2, 0) is 17.9 Å². The summed E-state index contributed by atoms with van der Waals surface area (Å²) in [5.41, 5.74) is 3.10. The van der Waals surface area contributed by atoms with Crippen molar-refractivity contribution in [2.24, 2.45) is 0 Å². The average molecular weight is 387 g/mol. The number of carbonyl (C=O) groups excluding carboxylic acids is 1. The first kappa shape index (κ1) is 21.0. The zero-order valence-electron chi connectivity index (χ0n) is 16.3. The zero-order valence-corrected chi connectivity index (χ0v) is 17.1. The minimum atomic E-state index is -0.163. The number of benzene rings is 2. The van der Waals surface area contributed by atoms with E-state index in [2.05, 4.69) is 37.2 Å². The van der Waals surface area contributed by atoms with Gasteiger partial charge in [-0.2, -0.15) is 0 Å². The van der Waals surface area contributed by atoms with E-state index in [1.807, 2.05) is 18.2 Å². The summed E-state index contributed by atoms with van der Waals surface area (Å²) >= 11 is 6.02. The molecule has 2 aromatic rings. The van der Waals surface area contributed by atoms with E-state index >= 15 is 0 Å². The molecule has 0 aliphatic carbocycles. The minimum absolute atomic E-state index is 0.163. The first-order chi connectivity index (χ1) is 12.9. The molecule has 2 rings (SSSR count). The van der Waals surface area contributed by atoms with Gasteiger partial charge in [-0.1, -0.05) is 35.9 Å². The van der Waals surface area contributed by atoms with Crippen molar-refractivity contribution in [3.8, 4) is 5.75 Å². The number of halogens is 1. The highest BCUT2D eigenvalue weighted by molar-refractivity contribution is 6.30. The van der Waals surface area contributed by atoms with Gasteiger partial charge in [-0.25, -0.2) is 0 Å². The van der Waals surface area contributed by atoms with Gasteiger partial charge in [-0.3, -0.25) is 9.69 Å². The number of nitrogens with one attached hydrogen (secondary N) is 1. The fourth-order valence-corrected chi connectivity index (χ4v) is 2.76. The summed E-state index contributed by atoms with van der Waals surface area (Å²) in [4.78, 5) is 14.5. The average Bonchev–Trinajstić information content (AvgIpc) is 2.65. The lowest BCUT2D eigenvalue weighted by atomic mass is 10.1. The molecule has 27 heavy (non-hydrogen) atoms. The van der Waals surface area contributed by atoms with Crippen molar-refractivity contribution in [1.29, 1.82) is 0 Å². The molecule has 0 radical (unpaired) electrons. The molecular weight excluding hydrogens is 360 g/mol. The molecule has 4 nitrogen and oxygen atoms in total. The number of hydrogen-bond donors (Lipinski definition) is 1. The summed E-state index contributed by atoms with van der Waals surface area (Å²) in [5.74, 6) is 0.509. The molecule has 5 heteroatoms. The summed E-state index contributed by atoms with van der Waals surface area (Å²) < 4.78 is 5.29. The van der Waals surface area contributed by atoms with Gasteiger partial charge >= 0.3 is 0 Å². The second-order valence-electron chi connectivity index (χ2n) is 6.71. The SMILES string of the molecule is COc1ccc(Cl)cc1/C=C\C(=O)NCc1ccccc1CN(C)C(C)C. The van der Waals surface area contributed by atoms with Crippen LogP contribution in [0.1, 0.15) is 30.5 Å². The van der Waals surface area contributed by atoms with E-state index in [-0.39, 0.29) is 5.91 Å². The van der Waals surface area contributed by atoms with Crippen molar-refractivity contribution in [3.05, 3.63) is 70.3 Å². The predicted molar refractivity (Wildman–Crippen MR) is 112 cm³/mol. The van der Waals surface area contributed by atoms with Crippen LogP contribution in [0.3, 0.4) is 0 Å². The third-order valence-electron chi connectivity index (χ3n) is 4.48. The highest BCUT2D eigenvalue weighted by atomic mass is 35.5. The number of nitrogens with zero attached hydrogens (tertiary/aromatic N) is 1. The molecule has 1 N–H and O–H groups in total. The van der Waals surface area contributed by atoms with Crippen molar-refractivity contribution < 1.29 is 9.53 Å². The van der Waals surface area contributed by atoms with Gasteiger partial charge in [-0.15, -0.1) is 0 Å². The van der Waals surface area contributed by atoms with Gasteiger partial charge in [0.2, 0.25) is 5.91 Å². The van der Waals surface area contributed by atoms with Crippen LogP contribution < -0.4 is 10.1 Å². The fourth-order valence-electron chi connectivity index (χ4n) is 2.58. The topological polar surface area (TPSA) is 41.6 Å². The van der Waals surface area contributed by atoms with Gasteiger partial charge in [0.15, 0.2) is 0 Å². The largest absolute Gasteiger partial charge is 0.496 e. The molecule has 0 saturated carbocycles. The van der Waals surface area contributed by atoms with Crippen LogP contribution in [0, 0.1) is 0 Å². The van der Waals surface area contributed by atoms with E-state index < -0.39 is 0 Å². The normalized spacial score (nSPS) is 11.4. The molecule has 0 bridgehead atoms. The van der Waals surface area contributed by atoms with Gasteiger partial charge in [0, 0.05) is 35.8 Å². The Morgan fingerprint density at radius 2 is 1.93 bits per heavy atom. The van der Waals surface area contributed by atoms with Crippen molar-refractivity contribution in [3.63, 3.8) is 0 Å². The first-order valence-corrected chi connectivity index (χ1v) is 9.35. The molecule has 0 aliphatic rings. The summed E-state index contributed by atoms with van der Waals surface area (Å²) in [6, 6.07) is 13.9. The van der Waals surface area contributed by atoms with Crippen molar-refractivity contribution in [1.82, 2.24) is 10.2 Å².